The highest BCUT2D eigenvalue weighted by Gasteiger charge is 2.17. The minimum absolute atomic E-state index is 0.304. The average molecular weight is 173 g/mol. The smallest absolute Gasteiger partial charge is 0.322 e. The van der Waals surface area contributed by atoms with E-state index in [1.807, 2.05) is 0 Å². The maximum absolute atomic E-state index is 10.9. The van der Waals surface area contributed by atoms with Crippen molar-refractivity contribution in [3.63, 3.8) is 0 Å². The summed E-state index contributed by atoms with van der Waals surface area (Å²) in [6.45, 7) is 4.22. The second-order valence-corrected chi connectivity index (χ2v) is 3.05. The molecule has 12 heavy (non-hydrogen) atoms. The van der Waals surface area contributed by atoms with Crippen LogP contribution in [0.2, 0.25) is 0 Å². The summed E-state index contributed by atoms with van der Waals surface area (Å²) < 4.78 is 4.54. The van der Waals surface area contributed by atoms with Gasteiger partial charge in [0, 0.05) is 0 Å². The van der Waals surface area contributed by atoms with Crippen molar-refractivity contribution in [2.24, 2.45) is 11.7 Å². The molecular formula is C9H19NO2. The summed E-state index contributed by atoms with van der Waals surface area (Å²) in [6.07, 6.45) is 2.88. The summed E-state index contributed by atoms with van der Waals surface area (Å²) in [7, 11) is 1.37. The molecular weight excluding hydrogens is 154 g/mol. The fourth-order valence-corrected chi connectivity index (χ4v) is 1.23. The maximum atomic E-state index is 10.9. The number of hydrogen-bond donors (Lipinski definition) is 1. The third-order valence-electron chi connectivity index (χ3n) is 2.25. The van der Waals surface area contributed by atoms with E-state index < -0.39 is 6.04 Å². The molecule has 0 aromatic rings. The molecule has 1 atom stereocenters. The van der Waals surface area contributed by atoms with Gasteiger partial charge in [0.05, 0.1) is 7.11 Å². The van der Waals surface area contributed by atoms with Gasteiger partial charge in [0.15, 0.2) is 0 Å². The van der Waals surface area contributed by atoms with Crippen LogP contribution in [0.4, 0.5) is 0 Å². The lowest BCUT2D eigenvalue weighted by Crippen LogP contribution is -2.33. The zero-order chi connectivity index (χ0) is 9.56. The van der Waals surface area contributed by atoms with Crippen LogP contribution in [0, 0.1) is 5.92 Å². The van der Waals surface area contributed by atoms with Crippen LogP contribution in [0.15, 0.2) is 0 Å². The van der Waals surface area contributed by atoms with Crippen molar-refractivity contribution in [3.8, 4) is 0 Å². The van der Waals surface area contributed by atoms with E-state index in [-0.39, 0.29) is 5.97 Å². The molecule has 0 saturated carbocycles. The zero-order valence-corrected chi connectivity index (χ0v) is 8.17. The Bertz CT molecular complexity index is 132. The molecule has 72 valence electrons. The van der Waals surface area contributed by atoms with Crippen LogP contribution in [0.25, 0.3) is 0 Å². The van der Waals surface area contributed by atoms with Crippen molar-refractivity contribution in [2.45, 2.75) is 39.2 Å². The van der Waals surface area contributed by atoms with Gasteiger partial charge in [-0.05, 0) is 12.3 Å². The number of ether oxygens (including phenoxy) is 1. The topological polar surface area (TPSA) is 52.3 Å². The van der Waals surface area contributed by atoms with E-state index in [2.05, 4.69) is 18.6 Å². The maximum Gasteiger partial charge on any atom is 0.322 e. The largest absolute Gasteiger partial charge is 0.468 e. The number of carbonyl (C=O) groups excluding carboxylic acids is 1. The molecule has 0 radical (unpaired) electrons. The van der Waals surface area contributed by atoms with E-state index in [0.29, 0.717) is 5.92 Å². The Morgan fingerprint density at radius 1 is 1.42 bits per heavy atom. The van der Waals surface area contributed by atoms with E-state index in [1.165, 1.54) is 7.11 Å². The third kappa shape index (κ3) is 3.72. The minimum atomic E-state index is -0.445. The van der Waals surface area contributed by atoms with Crippen LogP contribution in [0.1, 0.15) is 33.1 Å². The van der Waals surface area contributed by atoms with Crippen LogP contribution in [-0.4, -0.2) is 19.1 Å². The molecule has 0 heterocycles. The summed E-state index contributed by atoms with van der Waals surface area (Å²) in [5.74, 6) is 0.237. The number of carbonyl (C=O) groups is 1. The molecule has 3 nitrogen and oxygen atoms in total. The summed E-state index contributed by atoms with van der Waals surface area (Å²) in [4.78, 5) is 10.9. The fourth-order valence-electron chi connectivity index (χ4n) is 1.23. The van der Waals surface area contributed by atoms with Crippen LogP contribution < -0.4 is 5.73 Å². The first-order valence-corrected chi connectivity index (χ1v) is 4.49. The van der Waals surface area contributed by atoms with Crippen LogP contribution in [0.5, 0.6) is 0 Å². The molecule has 0 aliphatic rings. The van der Waals surface area contributed by atoms with Crippen molar-refractivity contribution in [1.29, 1.82) is 0 Å². The van der Waals surface area contributed by atoms with Crippen molar-refractivity contribution >= 4 is 5.97 Å². The number of hydrogen-bond acceptors (Lipinski definition) is 3. The molecule has 0 fully saturated rings. The number of rotatable bonds is 5. The lowest BCUT2D eigenvalue weighted by atomic mass is 9.95. The van der Waals surface area contributed by atoms with E-state index in [9.17, 15) is 4.79 Å². The van der Waals surface area contributed by atoms with Gasteiger partial charge in [-0.3, -0.25) is 4.79 Å². The van der Waals surface area contributed by atoms with Crippen LogP contribution >= 0.6 is 0 Å². The van der Waals surface area contributed by atoms with Gasteiger partial charge >= 0.3 is 5.97 Å². The molecule has 0 aliphatic carbocycles. The van der Waals surface area contributed by atoms with Gasteiger partial charge < -0.3 is 10.5 Å². The summed E-state index contributed by atoms with van der Waals surface area (Å²) in [5.41, 5.74) is 5.61. The molecule has 0 aliphatic heterocycles. The van der Waals surface area contributed by atoms with Gasteiger partial charge in [0.1, 0.15) is 6.04 Å². The Balaban J connectivity index is 3.80. The normalized spacial score (nSPS) is 13.1. The standard InChI is InChI=1S/C9H19NO2/c1-4-7(5-2)6-8(10)9(11)12-3/h7-8H,4-6,10H2,1-3H3/t8-/m1/s1. The third-order valence-corrected chi connectivity index (χ3v) is 2.25. The molecule has 0 unspecified atom stereocenters. The summed E-state index contributed by atoms with van der Waals surface area (Å²) in [6, 6.07) is -0.445. The second kappa shape index (κ2) is 6.00. The molecule has 0 rings (SSSR count). The lowest BCUT2D eigenvalue weighted by molar-refractivity contribution is -0.142. The predicted molar refractivity (Wildman–Crippen MR) is 48.7 cm³/mol. The number of methoxy groups -OCH3 is 1. The molecule has 2 N–H and O–H groups in total. The number of nitrogens with two attached hydrogens (primary N) is 1. The minimum Gasteiger partial charge on any atom is -0.468 e. The SMILES string of the molecule is CCC(CC)C[C@@H](N)C(=O)OC. The zero-order valence-electron chi connectivity index (χ0n) is 8.17. The predicted octanol–water partition coefficient (Wildman–Crippen LogP) is 1.31. The van der Waals surface area contributed by atoms with Gasteiger partial charge in [0.25, 0.3) is 0 Å². The van der Waals surface area contributed by atoms with Crippen molar-refractivity contribution < 1.29 is 9.53 Å². The highest BCUT2D eigenvalue weighted by Crippen LogP contribution is 2.14. The molecule has 3 heteroatoms. The van der Waals surface area contributed by atoms with Gasteiger partial charge in [0.2, 0.25) is 0 Å². The molecule has 0 saturated heterocycles. The molecule has 0 amide bonds. The van der Waals surface area contributed by atoms with Crippen molar-refractivity contribution in [2.75, 3.05) is 7.11 Å². The van der Waals surface area contributed by atoms with Crippen LogP contribution in [0.3, 0.4) is 0 Å². The molecule has 0 spiro atoms. The lowest BCUT2D eigenvalue weighted by Gasteiger charge is -2.15. The first-order valence-electron chi connectivity index (χ1n) is 4.49. The molecule has 0 bridgehead atoms. The second-order valence-electron chi connectivity index (χ2n) is 3.05. The van der Waals surface area contributed by atoms with E-state index in [0.717, 1.165) is 19.3 Å². The first-order chi connectivity index (χ1) is 5.65. The van der Waals surface area contributed by atoms with Crippen molar-refractivity contribution in [1.82, 2.24) is 0 Å². The van der Waals surface area contributed by atoms with Crippen molar-refractivity contribution in [3.05, 3.63) is 0 Å². The van der Waals surface area contributed by atoms with Crippen LogP contribution in [-0.2, 0) is 9.53 Å². The quantitative estimate of drug-likeness (QED) is 0.638. The first kappa shape index (κ1) is 11.4. The Labute approximate surface area is 74.3 Å². The number of esters is 1. The fraction of sp³-hybridized carbons (Fsp3) is 0.889. The summed E-state index contributed by atoms with van der Waals surface area (Å²) >= 11 is 0. The van der Waals surface area contributed by atoms with Gasteiger partial charge in [-0.15, -0.1) is 0 Å². The Hall–Kier alpha value is -0.570. The van der Waals surface area contributed by atoms with Gasteiger partial charge in [-0.25, -0.2) is 0 Å². The van der Waals surface area contributed by atoms with E-state index in [4.69, 9.17) is 5.73 Å². The van der Waals surface area contributed by atoms with Gasteiger partial charge in [-0.1, -0.05) is 26.7 Å². The Morgan fingerprint density at radius 2 is 1.92 bits per heavy atom. The summed E-state index contributed by atoms with van der Waals surface area (Å²) in [5, 5.41) is 0. The highest BCUT2D eigenvalue weighted by molar-refractivity contribution is 5.75. The Kier molecular flexibility index (Phi) is 5.72. The highest BCUT2D eigenvalue weighted by atomic mass is 16.5. The van der Waals surface area contributed by atoms with E-state index >= 15 is 0 Å². The monoisotopic (exact) mass is 173 g/mol. The van der Waals surface area contributed by atoms with E-state index in [1.54, 1.807) is 0 Å². The molecule has 0 aromatic carbocycles. The molecule has 0 aromatic heterocycles. The average Bonchev–Trinajstić information content (AvgIpc) is 2.12. The Morgan fingerprint density at radius 3 is 2.25 bits per heavy atom. The van der Waals surface area contributed by atoms with Gasteiger partial charge in [-0.2, -0.15) is 0 Å².